The molecule has 0 aliphatic carbocycles. The highest BCUT2D eigenvalue weighted by Gasteiger charge is 2.20. The summed E-state index contributed by atoms with van der Waals surface area (Å²) in [4.78, 5) is 4.82. The molecule has 2 heterocycles. The molecular formula is C14H19N3. The molecule has 1 N–H and O–H groups in total. The quantitative estimate of drug-likeness (QED) is 0.813. The van der Waals surface area contributed by atoms with Crippen LogP contribution in [0.15, 0.2) is 18.2 Å². The third-order valence-electron chi connectivity index (χ3n) is 3.73. The first kappa shape index (κ1) is 10.8. The standard InChI is InChI=1S/C14H19N3/c1-10-5-6-13-12(8-10)16-14(17(13)2)11-4-3-7-15-9-11/h5-6,8,11,15H,3-4,7,9H2,1-2H3. The number of hydrogen-bond acceptors (Lipinski definition) is 2. The predicted molar refractivity (Wildman–Crippen MR) is 70.3 cm³/mol. The molecule has 0 spiro atoms. The Labute approximate surface area is 102 Å². The van der Waals surface area contributed by atoms with E-state index in [0.717, 1.165) is 18.6 Å². The van der Waals surface area contributed by atoms with Crippen LogP contribution < -0.4 is 5.32 Å². The molecule has 1 unspecified atom stereocenters. The molecular weight excluding hydrogens is 210 g/mol. The minimum Gasteiger partial charge on any atom is -0.331 e. The van der Waals surface area contributed by atoms with Gasteiger partial charge >= 0.3 is 0 Å². The van der Waals surface area contributed by atoms with Crippen LogP contribution in [0.5, 0.6) is 0 Å². The number of nitrogens with one attached hydrogen (secondary N) is 1. The summed E-state index contributed by atoms with van der Waals surface area (Å²) >= 11 is 0. The predicted octanol–water partition coefficient (Wildman–Crippen LogP) is 2.35. The van der Waals surface area contributed by atoms with Crippen LogP contribution in [-0.4, -0.2) is 22.6 Å². The maximum atomic E-state index is 4.82. The molecule has 1 aliphatic rings. The number of benzene rings is 1. The summed E-state index contributed by atoms with van der Waals surface area (Å²) in [7, 11) is 2.13. The van der Waals surface area contributed by atoms with Gasteiger partial charge in [-0.25, -0.2) is 4.98 Å². The molecule has 1 aromatic carbocycles. The van der Waals surface area contributed by atoms with Gasteiger partial charge in [-0.15, -0.1) is 0 Å². The average Bonchev–Trinajstić information content (AvgIpc) is 2.67. The molecule has 1 atom stereocenters. The number of fused-ring (bicyclic) bond motifs is 1. The van der Waals surface area contributed by atoms with Crippen molar-refractivity contribution in [2.45, 2.75) is 25.7 Å². The van der Waals surface area contributed by atoms with Gasteiger partial charge in [0.25, 0.3) is 0 Å². The summed E-state index contributed by atoms with van der Waals surface area (Å²) in [5.74, 6) is 1.80. The van der Waals surface area contributed by atoms with E-state index < -0.39 is 0 Å². The van der Waals surface area contributed by atoms with E-state index in [1.54, 1.807) is 0 Å². The first-order valence-corrected chi connectivity index (χ1v) is 6.39. The molecule has 1 saturated heterocycles. The van der Waals surface area contributed by atoms with Crippen molar-refractivity contribution in [3.63, 3.8) is 0 Å². The van der Waals surface area contributed by atoms with E-state index in [4.69, 9.17) is 4.98 Å². The minimum absolute atomic E-state index is 0.571. The molecule has 2 aromatic rings. The fourth-order valence-electron chi connectivity index (χ4n) is 2.77. The fourth-order valence-corrected chi connectivity index (χ4v) is 2.77. The minimum atomic E-state index is 0.571. The number of imidazole rings is 1. The van der Waals surface area contributed by atoms with E-state index >= 15 is 0 Å². The van der Waals surface area contributed by atoms with E-state index in [0.29, 0.717) is 5.92 Å². The Hall–Kier alpha value is -1.35. The van der Waals surface area contributed by atoms with Gasteiger partial charge in [-0.05, 0) is 44.0 Å². The van der Waals surface area contributed by atoms with Crippen LogP contribution >= 0.6 is 0 Å². The van der Waals surface area contributed by atoms with Gasteiger partial charge in [0.1, 0.15) is 5.82 Å². The second kappa shape index (κ2) is 4.15. The van der Waals surface area contributed by atoms with Gasteiger partial charge in [0.2, 0.25) is 0 Å². The van der Waals surface area contributed by atoms with Gasteiger partial charge in [0.05, 0.1) is 11.0 Å². The molecule has 0 saturated carbocycles. The second-order valence-corrected chi connectivity index (χ2v) is 5.06. The van der Waals surface area contributed by atoms with Crippen molar-refractivity contribution in [3.8, 4) is 0 Å². The fraction of sp³-hybridized carbons (Fsp3) is 0.500. The normalized spacial score (nSPS) is 20.9. The van der Waals surface area contributed by atoms with Crippen molar-refractivity contribution >= 4 is 11.0 Å². The van der Waals surface area contributed by atoms with Crippen LogP contribution in [0.1, 0.15) is 30.1 Å². The Bertz CT molecular complexity index is 536. The average molecular weight is 229 g/mol. The van der Waals surface area contributed by atoms with Crippen LogP contribution in [-0.2, 0) is 7.05 Å². The molecule has 1 aromatic heterocycles. The maximum absolute atomic E-state index is 4.82. The van der Waals surface area contributed by atoms with Gasteiger partial charge in [-0.2, -0.15) is 0 Å². The molecule has 0 bridgehead atoms. The lowest BCUT2D eigenvalue weighted by atomic mass is 9.99. The SMILES string of the molecule is Cc1ccc2c(c1)nc(C1CCCNC1)n2C. The summed E-state index contributed by atoms with van der Waals surface area (Å²) in [6.07, 6.45) is 2.51. The van der Waals surface area contributed by atoms with Crippen molar-refractivity contribution in [2.24, 2.45) is 7.05 Å². The van der Waals surface area contributed by atoms with Gasteiger partial charge in [-0.3, -0.25) is 0 Å². The lowest BCUT2D eigenvalue weighted by Crippen LogP contribution is -2.29. The summed E-state index contributed by atoms with van der Waals surface area (Å²) in [6.45, 7) is 4.34. The topological polar surface area (TPSA) is 29.9 Å². The highest BCUT2D eigenvalue weighted by molar-refractivity contribution is 5.76. The molecule has 3 rings (SSSR count). The van der Waals surface area contributed by atoms with E-state index in [2.05, 4.69) is 42.1 Å². The van der Waals surface area contributed by atoms with Crippen molar-refractivity contribution in [1.82, 2.24) is 14.9 Å². The monoisotopic (exact) mass is 229 g/mol. The highest BCUT2D eigenvalue weighted by atomic mass is 15.1. The second-order valence-electron chi connectivity index (χ2n) is 5.06. The van der Waals surface area contributed by atoms with Gasteiger partial charge in [-0.1, -0.05) is 6.07 Å². The Morgan fingerprint density at radius 1 is 1.41 bits per heavy atom. The number of hydrogen-bond donors (Lipinski definition) is 1. The van der Waals surface area contributed by atoms with Crippen LogP contribution in [0.2, 0.25) is 0 Å². The molecule has 3 nitrogen and oxygen atoms in total. The van der Waals surface area contributed by atoms with Crippen LogP contribution in [0.3, 0.4) is 0 Å². The van der Waals surface area contributed by atoms with Gasteiger partial charge in [0, 0.05) is 19.5 Å². The summed E-state index contributed by atoms with van der Waals surface area (Å²) in [6, 6.07) is 6.51. The van der Waals surface area contributed by atoms with Gasteiger partial charge < -0.3 is 9.88 Å². The van der Waals surface area contributed by atoms with E-state index in [1.165, 1.54) is 29.7 Å². The Balaban J connectivity index is 2.07. The van der Waals surface area contributed by atoms with E-state index in [9.17, 15) is 0 Å². The maximum Gasteiger partial charge on any atom is 0.114 e. The lowest BCUT2D eigenvalue weighted by molar-refractivity contribution is 0.440. The third kappa shape index (κ3) is 1.84. The summed E-state index contributed by atoms with van der Waals surface area (Å²) < 4.78 is 2.26. The van der Waals surface area contributed by atoms with Crippen LogP contribution in [0, 0.1) is 6.92 Å². The zero-order valence-electron chi connectivity index (χ0n) is 10.5. The number of nitrogens with zero attached hydrogens (tertiary/aromatic N) is 2. The van der Waals surface area contributed by atoms with Crippen molar-refractivity contribution in [3.05, 3.63) is 29.6 Å². The zero-order chi connectivity index (χ0) is 11.8. The van der Waals surface area contributed by atoms with E-state index in [1.807, 2.05) is 0 Å². The van der Waals surface area contributed by atoms with E-state index in [-0.39, 0.29) is 0 Å². The third-order valence-corrected chi connectivity index (χ3v) is 3.73. The molecule has 17 heavy (non-hydrogen) atoms. The van der Waals surface area contributed by atoms with Crippen LogP contribution in [0.25, 0.3) is 11.0 Å². The first-order chi connectivity index (χ1) is 8.25. The number of piperidine rings is 1. The van der Waals surface area contributed by atoms with Crippen molar-refractivity contribution < 1.29 is 0 Å². The number of aromatic nitrogens is 2. The van der Waals surface area contributed by atoms with Gasteiger partial charge in [0.15, 0.2) is 0 Å². The molecule has 3 heteroatoms. The van der Waals surface area contributed by atoms with Crippen molar-refractivity contribution in [2.75, 3.05) is 13.1 Å². The van der Waals surface area contributed by atoms with Crippen LogP contribution in [0.4, 0.5) is 0 Å². The first-order valence-electron chi connectivity index (χ1n) is 6.39. The number of rotatable bonds is 1. The highest BCUT2D eigenvalue weighted by Crippen LogP contribution is 2.26. The Kier molecular flexibility index (Phi) is 2.63. The molecule has 0 amide bonds. The molecule has 1 fully saturated rings. The lowest BCUT2D eigenvalue weighted by Gasteiger charge is -2.22. The zero-order valence-corrected chi connectivity index (χ0v) is 10.5. The Morgan fingerprint density at radius 2 is 2.29 bits per heavy atom. The number of aryl methyl sites for hydroxylation is 2. The molecule has 1 aliphatic heterocycles. The smallest absolute Gasteiger partial charge is 0.114 e. The molecule has 0 radical (unpaired) electrons. The largest absolute Gasteiger partial charge is 0.331 e. The Morgan fingerprint density at radius 3 is 3.06 bits per heavy atom. The molecule has 90 valence electrons. The van der Waals surface area contributed by atoms with Crippen molar-refractivity contribution in [1.29, 1.82) is 0 Å². The summed E-state index contributed by atoms with van der Waals surface area (Å²) in [5, 5.41) is 3.46. The summed E-state index contributed by atoms with van der Waals surface area (Å²) in [5.41, 5.74) is 3.66.